The molecule has 37 heteroatoms. The first-order chi connectivity index (χ1) is 56.2. The third-order valence-corrected chi connectivity index (χ3v) is 12.8. The summed E-state index contributed by atoms with van der Waals surface area (Å²) in [7, 11) is 0. The smallest absolute Gasteiger partial charge is 0.332 e. The molecular weight excluding hydrogens is 2900 g/mol. The summed E-state index contributed by atoms with van der Waals surface area (Å²) < 4.78 is 60.2. The summed E-state index contributed by atoms with van der Waals surface area (Å²) in [4.78, 5) is 144. The number of aliphatic hydroxyl groups is 1. The van der Waals surface area contributed by atoms with Gasteiger partial charge in [0.2, 0.25) is 11.8 Å². The van der Waals surface area contributed by atoms with Crippen LogP contribution in [-0.2, 0) is 267 Å². The molecule has 0 aromatic carbocycles. The van der Waals surface area contributed by atoms with Gasteiger partial charge in [-0.05, 0) is 265 Å². The molecule has 0 bridgehead atoms. The van der Waals surface area contributed by atoms with Gasteiger partial charge in [-0.1, -0.05) is 59.2 Å². The summed E-state index contributed by atoms with van der Waals surface area (Å²) in [5.41, 5.74) is 0.936. The number of nitrogens with one attached hydrogen (secondary N) is 3. The zero-order valence-corrected chi connectivity index (χ0v) is 108. The largest absolute Gasteiger partial charge is 0.483 e. The molecule has 1 aliphatic heterocycles. The topological polar surface area (TPSA) is 415 Å². The fraction of sp³-hybridized carbons (Fsp3) is 0.789. The predicted molar refractivity (Wildman–Crippen MR) is 492 cm³/mol. The predicted octanol–water partition coefficient (Wildman–Crippen LogP) is 16.8. The molecule has 6 N–H and O–H groups in total. The maximum absolute atomic E-state index is 11.9. The average molecular weight is 3080 g/mol. The number of carbonyl (C=O) groups is 13. The summed E-state index contributed by atoms with van der Waals surface area (Å²) >= 11 is 0. The SMILES string of the molecule is CC(C)(C)OC(=O)C1CCCN1.CC(C)(C)OC(=O)CCCN.CC(C)CCCCC(=O)OC(C)(C)C.[CH2-]C(=O)OC(C)(C)C.[CH2-]C(O)CC(=O)OC(C)(C)C.[CH2-]CC(CC(=O)OC(C)(C)C)OC(C)=O.[CH2-]CCC(=O)OC(C)(C)C.[CH2-]CCCC(NC(=O)CC)C(=O)OC(C)(C)C.[CH2-]CCCC(NC(C)=O)C(=O)OC(C)(C)C.[CH2-]COCC(=O)OC(C)(C)C.[W].[W].[W].[W].[W].[W].[W]. The van der Waals surface area contributed by atoms with Crippen LogP contribution in [0.1, 0.15) is 371 Å². The molecule has 784 valence electrons. The molecule has 5 unspecified atom stereocenters. The van der Waals surface area contributed by atoms with Crippen LogP contribution in [0.25, 0.3) is 0 Å². The Balaban J connectivity index is -0.0000000809. The van der Waals surface area contributed by atoms with Crippen LogP contribution in [-0.4, -0.2) is 195 Å². The first-order valence-corrected chi connectivity index (χ1v) is 43.5. The second-order valence-corrected chi connectivity index (χ2v) is 39.3. The Morgan fingerprint density at radius 2 is 0.758 bits per heavy atom. The summed E-state index contributed by atoms with van der Waals surface area (Å²) in [6, 6.07) is -1.17. The van der Waals surface area contributed by atoms with Crippen LogP contribution in [0.3, 0.4) is 0 Å². The van der Waals surface area contributed by atoms with Gasteiger partial charge in [0.25, 0.3) is 0 Å². The van der Waals surface area contributed by atoms with E-state index in [4.69, 9.17) is 62.9 Å². The van der Waals surface area contributed by atoms with Gasteiger partial charge in [0.15, 0.2) is 5.97 Å². The van der Waals surface area contributed by atoms with E-state index in [9.17, 15) is 62.3 Å². The molecule has 1 fully saturated rings. The first kappa shape index (κ1) is 166. The van der Waals surface area contributed by atoms with Crippen molar-refractivity contribution in [1.29, 1.82) is 0 Å². The van der Waals surface area contributed by atoms with E-state index in [0.717, 1.165) is 63.8 Å². The van der Waals surface area contributed by atoms with E-state index >= 15 is 0 Å². The Labute approximate surface area is 900 Å². The fourth-order valence-electron chi connectivity index (χ4n) is 8.58. The fourth-order valence-corrected chi connectivity index (χ4v) is 8.58. The van der Waals surface area contributed by atoms with Gasteiger partial charge in [0.1, 0.15) is 80.7 Å². The molecule has 1 saturated heterocycles. The number of carbonyl (C=O) groups excluding carboxylic acids is 13. The molecule has 1 rings (SSSR count). The molecule has 2 amide bonds. The molecule has 5 atom stereocenters. The number of aliphatic hydroxyl groups excluding tert-OH is 1. The molecule has 1 aliphatic rings. The molecule has 0 aromatic rings. The van der Waals surface area contributed by atoms with Crippen LogP contribution in [0.15, 0.2) is 0 Å². The van der Waals surface area contributed by atoms with Crippen molar-refractivity contribution in [2.45, 2.75) is 457 Å². The minimum absolute atomic E-state index is 0. The molecule has 132 heavy (non-hydrogen) atoms. The quantitative estimate of drug-likeness (QED) is 0.0186. The van der Waals surface area contributed by atoms with Crippen LogP contribution in [0.5, 0.6) is 0 Å². The van der Waals surface area contributed by atoms with E-state index in [1.54, 1.807) is 90.0 Å². The Morgan fingerprint density at radius 1 is 0.424 bits per heavy atom. The molecule has 0 aromatic heterocycles. The van der Waals surface area contributed by atoms with Gasteiger partial charge in [-0.25, -0.2) is 14.4 Å². The minimum Gasteiger partial charge on any atom is -0.483 e. The number of hydrogen-bond acceptors (Lipinski definition) is 28. The third-order valence-electron chi connectivity index (χ3n) is 12.8. The summed E-state index contributed by atoms with van der Waals surface area (Å²) in [6.45, 7) is 89.8. The zero-order valence-electron chi connectivity index (χ0n) is 87.5. The summed E-state index contributed by atoms with van der Waals surface area (Å²) in [6.07, 6.45) is 11.5. The van der Waals surface area contributed by atoms with Crippen molar-refractivity contribution in [3.05, 3.63) is 48.5 Å². The maximum atomic E-state index is 11.9. The van der Waals surface area contributed by atoms with E-state index < -0.39 is 75.8 Å². The molecule has 0 spiro atoms. The molecule has 0 aliphatic carbocycles. The number of hydrogen-bond donors (Lipinski definition) is 5. The van der Waals surface area contributed by atoms with E-state index in [2.05, 4.69) is 83.0 Å². The number of esters is 11. The first-order valence-electron chi connectivity index (χ1n) is 43.5. The van der Waals surface area contributed by atoms with E-state index in [1.165, 1.54) is 20.3 Å². The Bertz CT molecular complexity index is 2930. The van der Waals surface area contributed by atoms with E-state index in [0.29, 0.717) is 70.9 Å². The normalized spacial score (nSPS) is 12.8. The van der Waals surface area contributed by atoms with Crippen LogP contribution < -0.4 is 21.7 Å². The van der Waals surface area contributed by atoms with Gasteiger partial charge >= 0.3 is 59.7 Å². The van der Waals surface area contributed by atoms with Crippen LogP contribution in [0.2, 0.25) is 0 Å². The van der Waals surface area contributed by atoms with Crippen LogP contribution in [0.4, 0.5) is 0 Å². The average Bonchev–Trinajstić information content (AvgIpc) is 1.61. The van der Waals surface area contributed by atoms with Gasteiger partial charge in [-0.2, -0.15) is 19.3 Å². The van der Waals surface area contributed by atoms with E-state index in [1.807, 2.05) is 125 Å². The number of rotatable bonds is 31. The van der Waals surface area contributed by atoms with Crippen LogP contribution in [0, 0.1) is 54.4 Å². The van der Waals surface area contributed by atoms with Crippen molar-refractivity contribution < 1.29 is 272 Å². The molecule has 1 heterocycles. The number of nitrogens with two attached hydrogens (primary N) is 1. The molecular formula is C95H179N4O26W7-7. The maximum Gasteiger partial charge on any atom is 0.332 e. The third kappa shape index (κ3) is 150. The standard InChI is InChI=1S/C13H24NO3.C12H22NO3.C12H24O2.C11H19O4.C9H17NO2.C8H17NO2.2C8H15O3.C8H15O2.C6H11O2.7W/c1-6-8-9-10(14-11(15)7-2)12(16)17-13(3,4)5;1-6-7-8-10(13-9(2)14)11(15)16-12(3,4)5;1-10(2)8-6-7-9-11(13)14-12(3,4)5;1-6-9(14-8(2)12)7-10(13)15-11(3,4)5;1-9(2,3)12-8(11)7-5-4-6-10-7;1-8(2,3)11-7(10)5-4-6-9;1-6(9)5-7(10)11-8(2,3)4;1-5-10-6-7(9)11-8(2,3)4;1-5-6-7(9)10-8(2,3)4;1-5(7)8-6(2,3)4;;;;;;;/h10H,1,6-9H2,2-5H3,(H,14,15);10H,1,6-8H2,2-5H3,(H,13,14);10H,6-9H2,1-5H3;9H,1,6-7H2,2-5H3;7,10H,4-6H2,1-3H3;4-6,9H2,1-3H3;6,9H,1,5H2,2-4H3;1,5-6H2,2-4H3;1,5-6H2,2-4H3;1H2,2-4H3;;;;;;;/q2*-1;;-1;;;4*-1;;;;;;;. The summed E-state index contributed by atoms with van der Waals surface area (Å²) in [5.74, 6) is -2.91. The number of amides is 2. The van der Waals surface area contributed by atoms with Gasteiger partial charge in [-0.3, -0.25) is 54.9 Å². The van der Waals surface area contributed by atoms with Crippen molar-refractivity contribution in [2.24, 2.45) is 11.7 Å². The van der Waals surface area contributed by atoms with Crippen molar-refractivity contribution in [3.63, 3.8) is 0 Å². The zero-order chi connectivity index (χ0) is 101. The second-order valence-electron chi connectivity index (χ2n) is 39.3. The molecule has 0 radical (unpaired) electrons. The number of unbranched alkanes of at least 4 members (excludes halogenated alkanes) is 3. The Kier molecular flexibility index (Phi) is 112. The van der Waals surface area contributed by atoms with Crippen molar-refractivity contribution >= 4 is 77.5 Å². The van der Waals surface area contributed by atoms with Crippen LogP contribution >= 0.6 is 0 Å². The molecule has 30 nitrogen and oxygen atoms in total. The second kappa shape index (κ2) is 88.8. The monoisotopic (exact) mass is 3080 g/mol. The summed E-state index contributed by atoms with van der Waals surface area (Å²) in [5, 5.41) is 17.1. The van der Waals surface area contributed by atoms with Gasteiger partial charge in [0.05, 0.1) is 12.5 Å². The van der Waals surface area contributed by atoms with E-state index in [-0.39, 0.29) is 255 Å². The Morgan fingerprint density at radius 3 is 1.02 bits per heavy atom. The Hall–Kier alpha value is -2.36. The van der Waals surface area contributed by atoms with Gasteiger partial charge < -0.3 is 125 Å². The van der Waals surface area contributed by atoms with Crippen molar-refractivity contribution in [3.8, 4) is 0 Å². The molecule has 0 saturated carbocycles. The van der Waals surface area contributed by atoms with Crippen molar-refractivity contribution in [1.82, 2.24) is 16.0 Å². The van der Waals surface area contributed by atoms with Crippen molar-refractivity contribution in [2.75, 3.05) is 26.3 Å². The minimum atomic E-state index is -0.871. The van der Waals surface area contributed by atoms with Gasteiger partial charge in [0, 0.05) is 193 Å². The number of ether oxygens (including phenoxy) is 12. The van der Waals surface area contributed by atoms with Gasteiger partial charge in [-0.15, -0.1) is 6.42 Å².